The number of halogens is 1. The molecule has 3 heterocycles. The molecule has 142 valence electrons. The van der Waals surface area contributed by atoms with Gasteiger partial charge < -0.3 is 19.9 Å². The van der Waals surface area contributed by atoms with Crippen LogP contribution in [0.1, 0.15) is 25.7 Å². The highest BCUT2D eigenvalue weighted by Gasteiger charge is 2.51. The van der Waals surface area contributed by atoms with Gasteiger partial charge in [-0.05, 0) is 49.8 Å². The van der Waals surface area contributed by atoms with E-state index in [0.29, 0.717) is 5.70 Å². The van der Waals surface area contributed by atoms with Gasteiger partial charge >= 0.3 is 12.1 Å². The first kappa shape index (κ1) is 16.5. The van der Waals surface area contributed by atoms with Crippen LogP contribution in [0.4, 0.5) is 9.18 Å². The van der Waals surface area contributed by atoms with Crippen LogP contribution in [0.15, 0.2) is 40.1 Å². The molecule has 0 bridgehead atoms. The minimum Gasteiger partial charge on any atom is -0.488 e. The number of carbonyl (C=O) groups is 2. The second-order valence-corrected chi connectivity index (χ2v) is 7.31. The number of carbonyl (C=O) groups excluding carboxylic acids is 1. The lowest BCUT2D eigenvalue weighted by Gasteiger charge is -2.45. The van der Waals surface area contributed by atoms with E-state index in [1.54, 1.807) is 0 Å². The fourth-order valence-corrected chi connectivity index (χ4v) is 4.23. The summed E-state index contributed by atoms with van der Waals surface area (Å²) in [7, 11) is 0. The Kier molecular flexibility index (Phi) is 3.61. The Labute approximate surface area is 154 Å². The Morgan fingerprint density at radius 1 is 1.44 bits per heavy atom. The Morgan fingerprint density at radius 2 is 2.26 bits per heavy atom. The third-order valence-corrected chi connectivity index (χ3v) is 5.57. The third-order valence-electron chi connectivity index (χ3n) is 5.57. The van der Waals surface area contributed by atoms with Crippen molar-refractivity contribution in [1.29, 1.82) is 0 Å². The minimum atomic E-state index is -1.62. The van der Waals surface area contributed by atoms with E-state index in [4.69, 9.17) is 9.84 Å². The molecule has 5 rings (SSSR count). The fraction of sp³-hybridized carbons (Fsp3) is 0.500. The molecule has 8 nitrogen and oxygen atoms in total. The first-order valence-corrected chi connectivity index (χ1v) is 9.06. The first-order chi connectivity index (χ1) is 13.0. The van der Waals surface area contributed by atoms with Crippen LogP contribution < -0.4 is 5.32 Å². The van der Waals surface area contributed by atoms with E-state index in [-0.39, 0.29) is 17.7 Å². The lowest BCUT2D eigenvalue weighted by molar-refractivity contribution is -0.125. The number of carboxylic acid groups (broad SMARTS) is 1. The zero-order chi connectivity index (χ0) is 18.7. The normalized spacial score (nSPS) is 32.3. The highest BCUT2D eigenvalue weighted by atomic mass is 19.1. The molecule has 3 atom stereocenters. The van der Waals surface area contributed by atoms with Crippen LogP contribution in [0, 0.1) is 5.92 Å². The Morgan fingerprint density at radius 3 is 3.00 bits per heavy atom. The van der Waals surface area contributed by atoms with Crippen molar-refractivity contribution >= 4 is 18.0 Å². The summed E-state index contributed by atoms with van der Waals surface area (Å²) in [5.41, 5.74) is 1.44. The van der Waals surface area contributed by atoms with Crippen molar-refractivity contribution in [2.24, 2.45) is 10.9 Å². The molecule has 0 aromatic heterocycles. The minimum absolute atomic E-state index is 0.0905. The van der Waals surface area contributed by atoms with Gasteiger partial charge in [-0.3, -0.25) is 9.69 Å². The number of fused-ring (bicyclic) bond motifs is 5. The van der Waals surface area contributed by atoms with Crippen molar-refractivity contribution in [1.82, 2.24) is 10.2 Å². The van der Waals surface area contributed by atoms with E-state index in [9.17, 15) is 9.59 Å². The Balaban J connectivity index is 1.61. The van der Waals surface area contributed by atoms with Crippen LogP contribution in [0.3, 0.4) is 0 Å². The maximum absolute atomic E-state index is 15.0. The van der Waals surface area contributed by atoms with E-state index < -0.39 is 35.9 Å². The lowest BCUT2D eigenvalue weighted by Crippen LogP contribution is -2.56. The van der Waals surface area contributed by atoms with Crippen molar-refractivity contribution in [3.8, 4) is 0 Å². The van der Waals surface area contributed by atoms with E-state index in [1.807, 2.05) is 0 Å². The number of piperidine rings is 1. The number of ether oxygens (including phenoxy) is 2. The summed E-state index contributed by atoms with van der Waals surface area (Å²) < 4.78 is 25.5. The predicted octanol–water partition coefficient (Wildman–Crippen LogP) is 1.81. The molecule has 3 aliphatic heterocycles. The molecule has 5 aliphatic rings. The third kappa shape index (κ3) is 2.56. The predicted molar refractivity (Wildman–Crippen MR) is 90.1 cm³/mol. The van der Waals surface area contributed by atoms with Gasteiger partial charge in [0.1, 0.15) is 23.8 Å². The molecule has 2 fully saturated rings. The van der Waals surface area contributed by atoms with Crippen molar-refractivity contribution < 1.29 is 28.6 Å². The van der Waals surface area contributed by atoms with Gasteiger partial charge in [-0.15, -0.1) is 0 Å². The SMILES string of the molecule is O=C(O)OC1=NC(C2CC2)C2=COC3C(=C(F)C=C4CCCNC43)N2C1=O. The molecule has 9 heteroatoms. The van der Waals surface area contributed by atoms with Crippen LogP contribution >= 0.6 is 0 Å². The smallest absolute Gasteiger partial charge is 0.488 e. The summed E-state index contributed by atoms with van der Waals surface area (Å²) in [6.07, 6.45) is 4.09. The average molecular weight is 375 g/mol. The van der Waals surface area contributed by atoms with Crippen LogP contribution in [0.25, 0.3) is 0 Å². The van der Waals surface area contributed by atoms with Crippen molar-refractivity contribution in [2.75, 3.05) is 6.54 Å². The number of allylic oxidation sites excluding steroid dienone is 2. The number of rotatable bonds is 1. The highest BCUT2D eigenvalue weighted by molar-refractivity contribution is 6.38. The van der Waals surface area contributed by atoms with Gasteiger partial charge in [-0.1, -0.05) is 0 Å². The molecule has 3 unspecified atom stereocenters. The fourth-order valence-electron chi connectivity index (χ4n) is 4.23. The van der Waals surface area contributed by atoms with Gasteiger partial charge in [0, 0.05) is 0 Å². The summed E-state index contributed by atoms with van der Waals surface area (Å²) >= 11 is 0. The zero-order valence-corrected chi connectivity index (χ0v) is 14.4. The quantitative estimate of drug-likeness (QED) is 0.678. The molecule has 0 aromatic rings. The number of hydrogen-bond donors (Lipinski definition) is 2. The molecular weight excluding hydrogens is 357 g/mol. The largest absolute Gasteiger partial charge is 0.512 e. The standard InChI is InChI=1S/C18H18FN3O5/c19-10-6-9-2-1-5-20-13(9)15-14(10)22-11(7-26-15)12(8-3-4-8)21-16(17(22)23)27-18(24)25/h6-8,12-13,15,20H,1-5H2,(H,24,25). The summed E-state index contributed by atoms with van der Waals surface area (Å²) in [4.78, 5) is 29.3. The molecule has 1 amide bonds. The summed E-state index contributed by atoms with van der Waals surface area (Å²) in [5.74, 6) is -1.69. The zero-order valence-electron chi connectivity index (χ0n) is 14.4. The maximum Gasteiger partial charge on any atom is 0.512 e. The summed E-state index contributed by atoms with van der Waals surface area (Å²) in [6, 6.07) is -0.705. The van der Waals surface area contributed by atoms with E-state index >= 15 is 4.39 Å². The maximum atomic E-state index is 15.0. The molecule has 0 spiro atoms. The van der Waals surface area contributed by atoms with E-state index in [1.165, 1.54) is 17.2 Å². The molecule has 1 saturated heterocycles. The van der Waals surface area contributed by atoms with Gasteiger partial charge in [-0.2, -0.15) is 0 Å². The molecule has 27 heavy (non-hydrogen) atoms. The number of hydrogen-bond acceptors (Lipinski definition) is 6. The number of aliphatic imine (C=N–C) groups is 1. The van der Waals surface area contributed by atoms with Crippen LogP contribution in [0.2, 0.25) is 0 Å². The van der Waals surface area contributed by atoms with Crippen LogP contribution in [0.5, 0.6) is 0 Å². The van der Waals surface area contributed by atoms with E-state index in [0.717, 1.165) is 37.8 Å². The van der Waals surface area contributed by atoms with Crippen molar-refractivity contribution in [2.45, 2.75) is 43.9 Å². The summed E-state index contributed by atoms with van der Waals surface area (Å²) in [6.45, 7) is 0.779. The topological polar surface area (TPSA) is 100 Å². The average Bonchev–Trinajstić information content (AvgIpc) is 3.48. The molecule has 1 saturated carbocycles. The van der Waals surface area contributed by atoms with E-state index in [2.05, 4.69) is 15.0 Å². The van der Waals surface area contributed by atoms with Gasteiger partial charge in [-0.25, -0.2) is 14.2 Å². The van der Waals surface area contributed by atoms with Crippen LogP contribution in [-0.4, -0.2) is 52.7 Å². The van der Waals surface area contributed by atoms with Gasteiger partial charge in [0.15, 0.2) is 6.10 Å². The Hall–Kier alpha value is -2.68. The summed E-state index contributed by atoms with van der Waals surface area (Å²) in [5, 5.41) is 12.3. The van der Waals surface area contributed by atoms with Gasteiger partial charge in [0.2, 0.25) is 0 Å². The Bertz CT molecular complexity index is 857. The van der Waals surface area contributed by atoms with Gasteiger partial charge in [0.25, 0.3) is 5.90 Å². The lowest BCUT2D eigenvalue weighted by atomic mass is 9.85. The monoisotopic (exact) mass is 375 g/mol. The second-order valence-electron chi connectivity index (χ2n) is 7.31. The first-order valence-electron chi connectivity index (χ1n) is 9.06. The van der Waals surface area contributed by atoms with Gasteiger partial charge in [0.05, 0.1) is 11.7 Å². The highest BCUT2D eigenvalue weighted by Crippen LogP contribution is 2.45. The number of nitrogens with one attached hydrogen (secondary N) is 1. The molecular formula is C18H18FN3O5. The molecule has 0 aromatic carbocycles. The number of nitrogens with zero attached hydrogens (tertiary/aromatic N) is 2. The molecule has 2 N–H and O–H groups in total. The number of amides is 1. The van der Waals surface area contributed by atoms with Crippen molar-refractivity contribution in [3.05, 3.63) is 35.1 Å². The van der Waals surface area contributed by atoms with Crippen LogP contribution in [-0.2, 0) is 14.3 Å². The molecule has 0 radical (unpaired) electrons. The van der Waals surface area contributed by atoms with Crippen molar-refractivity contribution in [3.63, 3.8) is 0 Å². The second kappa shape index (κ2) is 5.91. The molecule has 2 aliphatic carbocycles.